The highest BCUT2D eigenvalue weighted by atomic mass is 32.1. The Morgan fingerprint density at radius 1 is 0.580 bits per heavy atom. The first-order valence-corrected chi connectivity index (χ1v) is 20.1. The van der Waals surface area contributed by atoms with Gasteiger partial charge >= 0.3 is 0 Å². The van der Waals surface area contributed by atoms with E-state index in [4.69, 9.17) is 11.5 Å². The van der Waals surface area contributed by atoms with Gasteiger partial charge in [-0.1, -0.05) is 90.5 Å². The summed E-state index contributed by atoms with van der Waals surface area (Å²) in [7, 11) is 0. The van der Waals surface area contributed by atoms with Gasteiger partial charge in [0, 0.05) is 24.5 Å². The predicted molar refractivity (Wildman–Crippen MR) is 212 cm³/mol. The van der Waals surface area contributed by atoms with Gasteiger partial charge in [-0.2, -0.15) is 0 Å². The van der Waals surface area contributed by atoms with Crippen molar-refractivity contribution in [1.82, 2.24) is 9.80 Å². The van der Waals surface area contributed by atoms with Crippen LogP contribution < -0.4 is 11.5 Å². The summed E-state index contributed by atoms with van der Waals surface area (Å²) in [6, 6.07) is 20.0. The Morgan fingerprint density at radius 3 is 1.30 bits per heavy atom. The Bertz CT molecular complexity index is 1740. The SMILES string of the molecule is CCCCC(CC)CN1C(=O)C2=C(c3cc(-c4ccc(N)cc4)cs3)N(CC(CC)CCCC)C(=O)C2=C1c1cc(-c2ccc(N)cc2)cs1. The molecule has 4 aromatic rings. The number of amides is 2. The molecule has 2 aliphatic rings. The first-order chi connectivity index (χ1) is 24.3. The van der Waals surface area contributed by atoms with Crippen LogP contribution in [0.4, 0.5) is 11.4 Å². The number of benzene rings is 2. The van der Waals surface area contributed by atoms with Crippen LogP contribution in [0.5, 0.6) is 0 Å². The van der Waals surface area contributed by atoms with Crippen molar-refractivity contribution in [1.29, 1.82) is 0 Å². The van der Waals surface area contributed by atoms with Gasteiger partial charge in [0.15, 0.2) is 0 Å². The third-order valence-electron chi connectivity index (χ3n) is 10.3. The number of hydrogen-bond donors (Lipinski definition) is 2. The fraction of sp³-hybridized carbons (Fsp3) is 0.381. The molecule has 262 valence electrons. The Balaban J connectivity index is 1.51. The molecule has 0 fully saturated rings. The van der Waals surface area contributed by atoms with Gasteiger partial charge in [0.2, 0.25) is 0 Å². The summed E-state index contributed by atoms with van der Waals surface area (Å²) in [5.74, 6) is 0.583. The first-order valence-electron chi connectivity index (χ1n) is 18.3. The predicted octanol–water partition coefficient (Wildman–Crippen LogP) is 10.5. The number of thiophene rings is 2. The highest BCUT2D eigenvalue weighted by Gasteiger charge is 2.50. The van der Waals surface area contributed by atoms with Gasteiger partial charge < -0.3 is 21.3 Å². The third kappa shape index (κ3) is 7.19. The molecule has 0 saturated carbocycles. The number of nitrogen functional groups attached to an aromatic ring is 2. The average molecular weight is 707 g/mol. The number of hydrogen-bond acceptors (Lipinski definition) is 6. The first kappa shape index (κ1) is 35.7. The molecule has 2 atom stereocenters. The lowest BCUT2D eigenvalue weighted by molar-refractivity contribution is -0.124. The summed E-state index contributed by atoms with van der Waals surface area (Å²) in [5, 5.41) is 4.25. The van der Waals surface area contributed by atoms with Crippen LogP contribution in [0, 0.1) is 11.8 Å². The maximum atomic E-state index is 15.0. The van der Waals surface area contributed by atoms with E-state index >= 15 is 0 Å². The molecule has 6 rings (SSSR count). The summed E-state index contributed by atoms with van der Waals surface area (Å²) in [6.45, 7) is 10.0. The molecule has 2 amide bonds. The molecule has 2 unspecified atom stereocenters. The molecule has 0 bridgehead atoms. The second-order valence-corrected chi connectivity index (χ2v) is 15.6. The van der Waals surface area contributed by atoms with Gasteiger partial charge in [-0.3, -0.25) is 9.59 Å². The monoisotopic (exact) mass is 706 g/mol. The minimum absolute atomic E-state index is 0.0534. The molecular weight excluding hydrogens is 657 g/mol. The summed E-state index contributed by atoms with van der Waals surface area (Å²) in [4.78, 5) is 35.7. The van der Waals surface area contributed by atoms with Gasteiger partial charge in [-0.25, -0.2) is 0 Å². The Hall–Kier alpha value is -4.14. The quantitative estimate of drug-likeness (QED) is 0.113. The fourth-order valence-corrected chi connectivity index (χ4v) is 9.14. The van der Waals surface area contributed by atoms with Gasteiger partial charge in [-0.15, -0.1) is 22.7 Å². The number of nitrogens with zero attached hydrogens (tertiary/aromatic N) is 2. The van der Waals surface area contributed by atoms with E-state index in [9.17, 15) is 9.59 Å². The average Bonchev–Trinajstić information content (AvgIpc) is 3.91. The summed E-state index contributed by atoms with van der Waals surface area (Å²) < 4.78 is 0. The molecule has 0 radical (unpaired) electrons. The number of carbonyl (C=O) groups excluding carboxylic acids is 2. The molecule has 2 aliphatic heterocycles. The minimum atomic E-state index is -0.0534. The van der Waals surface area contributed by atoms with Crippen LogP contribution in [-0.4, -0.2) is 34.7 Å². The van der Waals surface area contributed by atoms with Gasteiger partial charge in [0.05, 0.1) is 32.3 Å². The number of nitrogens with two attached hydrogens (primary N) is 2. The van der Waals surface area contributed by atoms with Crippen LogP contribution in [-0.2, 0) is 9.59 Å². The number of anilines is 2. The number of unbranched alkanes of at least 4 members (excludes halogenated alkanes) is 2. The highest BCUT2D eigenvalue weighted by Crippen LogP contribution is 2.50. The summed E-state index contributed by atoms with van der Waals surface area (Å²) in [5.41, 5.74) is 20.3. The number of rotatable bonds is 16. The van der Waals surface area contributed by atoms with Crippen molar-refractivity contribution in [3.05, 3.63) is 92.3 Å². The van der Waals surface area contributed by atoms with E-state index in [1.807, 2.05) is 58.3 Å². The number of carbonyl (C=O) groups is 2. The highest BCUT2D eigenvalue weighted by molar-refractivity contribution is 7.12. The minimum Gasteiger partial charge on any atom is -0.399 e. The Kier molecular flexibility index (Phi) is 11.3. The zero-order valence-electron chi connectivity index (χ0n) is 29.8. The maximum Gasteiger partial charge on any atom is 0.261 e. The van der Waals surface area contributed by atoms with Crippen LogP contribution in [0.15, 0.2) is 82.6 Å². The van der Waals surface area contributed by atoms with Crippen molar-refractivity contribution in [3.8, 4) is 22.3 Å². The van der Waals surface area contributed by atoms with Gasteiger partial charge in [0.25, 0.3) is 11.8 Å². The standard InChI is InChI=1S/C42H50N4O2S2/c1-5-9-11-27(7-3)23-45-39(35-21-31(25-49-35)29-13-17-33(43)18-14-29)37-38(41(45)47)40(46(42(37)48)24-28(8-4)12-10-6-2)36-22-32(26-50-36)30-15-19-34(44)20-16-30/h13-22,25-28H,5-12,23-24,43-44H2,1-4H3. The molecule has 4 heterocycles. The Morgan fingerprint density at radius 2 is 0.960 bits per heavy atom. The van der Waals surface area contributed by atoms with E-state index in [0.717, 1.165) is 106 Å². The van der Waals surface area contributed by atoms with Crippen LogP contribution in [0.3, 0.4) is 0 Å². The van der Waals surface area contributed by atoms with Crippen LogP contribution in [0.25, 0.3) is 33.6 Å². The molecule has 8 heteroatoms. The summed E-state index contributed by atoms with van der Waals surface area (Å²) in [6.07, 6.45) is 8.52. The van der Waals surface area contributed by atoms with Crippen molar-refractivity contribution in [2.24, 2.45) is 11.8 Å². The lowest BCUT2D eigenvalue weighted by Gasteiger charge is -2.29. The van der Waals surface area contributed by atoms with Crippen molar-refractivity contribution in [2.45, 2.75) is 79.1 Å². The second kappa shape index (κ2) is 15.8. The van der Waals surface area contributed by atoms with E-state index in [-0.39, 0.29) is 11.8 Å². The molecule has 0 spiro atoms. The van der Waals surface area contributed by atoms with Crippen LogP contribution in [0.1, 0.15) is 88.8 Å². The zero-order valence-corrected chi connectivity index (χ0v) is 31.5. The lowest BCUT2D eigenvalue weighted by Crippen LogP contribution is -2.34. The second-order valence-electron chi connectivity index (χ2n) is 13.8. The van der Waals surface area contributed by atoms with Crippen LogP contribution in [0.2, 0.25) is 0 Å². The third-order valence-corrected chi connectivity index (χ3v) is 12.2. The molecule has 6 nitrogen and oxygen atoms in total. The zero-order chi connectivity index (χ0) is 35.4. The van der Waals surface area contributed by atoms with Crippen molar-refractivity contribution in [3.63, 3.8) is 0 Å². The van der Waals surface area contributed by atoms with Crippen molar-refractivity contribution >= 4 is 57.3 Å². The fourth-order valence-electron chi connectivity index (χ4n) is 7.18. The van der Waals surface area contributed by atoms with Crippen LogP contribution >= 0.6 is 22.7 Å². The largest absolute Gasteiger partial charge is 0.399 e. The van der Waals surface area contributed by atoms with Crippen molar-refractivity contribution < 1.29 is 9.59 Å². The van der Waals surface area contributed by atoms with Gasteiger partial charge in [-0.05, 0) is 94.1 Å². The molecule has 50 heavy (non-hydrogen) atoms. The molecule has 0 saturated heterocycles. The van der Waals surface area contributed by atoms with E-state index in [0.29, 0.717) is 36.1 Å². The van der Waals surface area contributed by atoms with E-state index < -0.39 is 0 Å². The maximum absolute atomic E-state index is 15.0. The topological polar surface area (TPSA) is 92.7 Å². The van der Waals surface area contributed by atoms with E-state index in [1.54, 1.807) is 22.7 Å². The molecular formula is C42H50N4O2S2. The normalized spacial score (nSPS) is 15.8. The molecule has 2 aromatic carbocycles. The smallest absolute Gasteiger partial charge is 0.261 e. The van der Waals surface area contributed by atoms with E-state index in [1.165, 1.54) is 0 Å². The summed E-state index contributed by atoms with van der Waals surface area (Å²) >= 11 is 3.20. The lowest BCUT2D eigenvalue weighted by atomic mass is 9.98. The number of fused-ring (bicyclic) bond motifs is 1. The molecule has 2 aromatic heterocycles. The molecule has 4 N–H and O–H groups in total. The van der Waals surface area contributed by atoms with E-state index in [2.05, 4.69) is 50.6 Å². The molecule has 0 aliphatic carbocycles. The Labute approximate surface area is 305 Å². The van der Waals surface area contributed by atoms with Crippen molar-refractivity contribution in [2.75, 3.05) is 24.6 Å². The van der Waals surface area contributed by atoms with Gasteiger partial charge in [0.1, 0.15) is 0 Å².